The molecule has 0 aliphatic carbocycles. The molecule has 88 valence electrons. The van der Waals surface area contributed by atoms with Crippen molar-refractivity contribution in [3.8, 4) is 5.75 Å². The lowest BCUT2D eigenvalue weighted by molar-refractivity contribution is 0.306. The maximum atomic E-state index is 5.93. The van der Waals surface area contributed by atoms with E-state index in [1.165, 1.54) is 5.56 Å². The molecule has 0 radical (unpaired) electrons. The third-order valence-corrected chi connectivity index (χ3v) is 3.12. The lowest BCUT2D eigenvalue weighted by Crippen LogP contribution is -1.95. The van der Waals surface area contributed by atoms with Gasteiger partial charge in [0.05, 0.1) is 10.0 Å². The molecule has 0 unspecified atom stereocenters. The van der Waals surface area contributed by atoms with E-state index in [2.05, 4.69) is 0 Å². The van der Waals surface area contributed by atoms with Crippen LogP contribution in [0.4, 0.5) is 0 Å². The molecular weight excluding hydrogens is 255 g/mol. The van der Waals surface area contributed by atoms with Gasteiger partial charge in [0.2, 0.25) is 0 Å². The van der Waals surface area contributed by atoms with Crippen molar-refractivity contribution < 1.29 is 4.74 Å². The molecule has 2 rings (SSSR count). The van der Waals surface area contributed by atoms with Crippen LogP contribution in [0.3, 0.4) is 0 Å². The average molecular weight is 267 g/mol. The standard InChI is InChI=1S/C14H12Cl2O/c1-10-3-2-4-12(7-10)17-9-11-5-6-13(15)14(16)8-11/h2-8H,9H2,1H3. The molecule has 3 heteroatoms. The minimum absolute atomic E-state index is 0.486. The summed E-state index contributed by atoms with van der Waals surface area (Å²) in [5.41, 5.74) is 2.18. The second-order valence-electron chi connectivity index (χ2n) is 3.85. The van der Waals surface area contributed by atoms with Crippen LogP contribution in [0, 0.1) is 6.92 Å². The van der Waals surface area contributed by atoms with Gasteiger partial charge in [-0.25, -0.2) is 0 Å². The van der Waals surface area contributed by atoms with Crippen molar-refractivity contribution in [2.45, 2.75) is 13.5 Å². The van der Waals surface area contributed by atoms with Crippen LogP contribution in [-0.4, -0.2) is 0 Å². The summed E-state index contributed by atoms with van der Waals surface area (Å²) in [6.07, 6.45) is 0. The van der Waals surface area contributed by atoms with Gasteiger partial charge in [-0.05, 0) is 42.3 Å². The topological polar surface area (TPSA) is 9.23 Å². The van der Waals surface area contributed by atoms with Gasteiger partial charge < -0.3 is 4.74 Å². The fourth-order valence-electron chi connectivity index (χ4n) is 1.50. The maximum Gasteiger partial charge on any atom is 0.120 e. The normalized spacial score (nSPS) is 10.3. The quantitative estimate of drug-likeness (QED) is 0.770. The summed E-state index contributed by atoms with van der Waals surface area (Å²) in [7, 11) is 0. The minimum atomic E-state index is 0.486. The van der Waals surface area contributed by atoms with E-state index in [1.807, 2.05) is 43.3 Å². The van der Waals surface area contributed by atoms with Gasteiger partial charge in [0, 0.05) is 0 Å². The Bertz CT molecular complexity index is 523. The molecule has 0 bridgehead atoms. The van der Waals surface area contributed by atoms with Crippen molar-refractivity contribution >= 4 is 23.2 Å². The molecule has 17 heavy (non-hydrogen) atoms. The summed E-state index contributed by atoms with van der Waals surface area (Å²) in [6.45, 7) is 2.52. The van der Waals surface area contributed by atoms with Gasteiger partial charge in [-0.2, -0.15) is 0 Å². The van der Waals surface area contributed by atoms with E-state index >= 15 is 0 Å². The molecule has 2 aromatic carbocycles. The maximum absolute atomic E-state index is 5.93. The highest BCUT2D eigenvalue weighted by molar-refractivity contribution is 6.42. The highest BCUT2D eigenvalue weighted by atomic mass is 35.5. The second-order valence-corrected chi connectivity index (χ2v) is 4.67. The van der Waals surface area contributed by atoms with Crippen molar-refractivity contribution in [3.63, 3.8) is 0 Å². The summed E-state index contributed by atoms with van der Waals surface area (Å²) in [5.74, 6) is 0.857. The van der Waals surface area contributed by atoms with Gasteiger partial charge in [0.1, 0.15) is 12.4 Å². The summed E-state index contributed by atoms with van der Waals surface area (Å²) >= 11 is 11.8. The van der Waals surface area contributed by atoms with Gasteiger partial charge in [-0.1, -0.05) is 41.4 Å². The Morgan fingerprint density at radius 1 is 1.00 bits per heavy atom. The molecule has 0 aromatic heterocycles. The zero-order valence-electron chi connectivity index (χ0n) is 9.41. The molecule has 0 spiro atoms. The number of hydrogen-bond donors (Lipinski definition) is 0. The number of hydrogen-bond acceptors (Lipinski definition) is 1. The van der Waals surface area contributed by atoms with Gasteiger partial charge in [0.25, 0.3) is 0 Å². The van der Waals surface area contributed by atoms with E-state index in [0.717, 1.165) is 11.3 Å². The average Bonchev–Trinajstić information content (AvgIpc) is 2.31. The Morgan fingerprint density at radius 3 is 2.53 bits per heavy atom. The van der Waals surface area contributed by atoms with Crippen LogP contribution in [0.1, 0.15) is 11.1 Å². The number of aryl methyl sites for hydroxylation is 1. The minimum Gasteiger partial charge on any atom is -0.489 e. The Hall–Kier alpha value is -1.18. The zero-order chi connectivity index (χ0) is 12.3. The van der Waals surface area contributed by atoms with Crippen LogP contribution < -0.4 is 4.74 Å². The summed E-state index contributed by atoms with van der Waals surface area (Å²) < 4.78 is 5.67. The highest BCUT2D eigenvalue weighted by Crippen LogP contribution is 2.23. The molecule has 1 nitrogen and oxygen atoms in total. The number of ether oxygens (including phenoxy) is 1. The SMILES string of the molecule is Cc1cccc(OCc2ccc(Cl)c(Cl)c2)c1. The Kier molecular flexibility index (Phi) is 3.93. The summed E-state index contributed by atoms with van der Waals surface area (Å²) in [4.78, 5) is 0. The smallest absolute Gasteiger partial charge is 0.120 e. The first-order chi connectivity index (χ1) is 8.15. The van der Waals surface area contributed by atoms with Crippen molar-refractivity contribution in [3.05, 3.63) is 63.6 Å². The molecule has 0 aliphatic rings. The molecular formula is C14H12Cl2O. The third-order valence-electron chi connectivity index (χ3n) is 2.38. The number of halogens is 2. The molecule has 0 atom stereocenters. The largest absolute Gasteiger partial charge is 0.489 e. The number of benzene rings is 2. The predicted molar refractivity (Wildman–Crippen MR) is 72.0 cm³/mol. The van der Waals surface area contributed by atoms with E-state index < -0.39 is 0 Å². The second kappa shape index (κ2) is 5.44. The van der Waals surface area contributed by atoms with Gasteiger partial charge >= 0.3 is 0 Å². The van der Waals surface area contributed by atoms with E-state index in [1.54, 1.807) is 6.07 Å². The third kappa shape index (κ3) is 3.39. The van der Waals surface area contributed by atoms with Crippen LogP contribution in [0.15, 0.2) is 42.5 Å². The molecule has 0 fully saturated rings. The van der Waals surface area contributed by atoms with Crippen LogP contribution in [0.2, 0.25) is 10.0 Å². The van der Waals surface area contributed by atoms with Crippen LogP contribution in [0.25, 0.3) is 0 Å². The lowest BCUT2D eigenvalue weighted by Gasteiger charge is -2.07. The monoisotopic (exact) mass is 266 g/mol. The van der Waals surface area contributed by atoms with Crippen molar-refractivity contribution in [1.82, 2.24) is 0 Å². The van der Waals surface area contributed by atoms with E-state index in [9.17, 15) is 0 Å². The Morgan fingerprint density at radius 2 is 1.82 bits per heavy atom. The highest BCUT2D eigenvalue weighted by Gasteiger charge is 2.00. The van der Waals surface area contributed by atoms with Crippen molar-refractivity contribution in [2.24, 2.45) is 0 Å². The molecule has 2 aromatic rings. The lowest BCUT2D eigenvalue weighted by atomic mass is 10.2. The van der Waals surface area contributed by atoms with Crippen LogP contribution in [0.5, 0.6) is 5.75 Å². The molecule has 0 N–H and O–H groups in total. The molecule has 0 saturated heterocycles. The predicted octanol–water partition coefficient (Wildman–Crippen LogP) is 4.88. The summed E-state index contributed by atoms with van der Waals surface area (Å²) in [5, 5.41) is 1.11. The van der Waals surface area contributed by atoms with Gasteiger partial charge in [-0.3, -0.25) is 0 Å². The van der Waals surface area contributed by atoms with Gasteiger partial charge in [0.15, 0.2) is 0 Å². The van der Waals surface area contributed by atoms with E-state index in [0.29, 0.717) is 16.7 Å². The number of rotatable bonds is 3. The molecule has 0 aliphatic heterocycles. The fraction of sp³-hybridized carbons (Fsp3) is 0.143. The summed E-state index contributed by atoms with van der Waals surface area (Å²) in [6, 6.07) is 13.4. The first kappa shape index (κ1) is 12.3. The first-order valence-electron chi connectivity index (χ1n) is 5.28. The Balaban J connectivity index is 2.05. The van der Waals surface area contributed by atoms with E-state index in [4.69, 9.17) is 27.9 Å². The Labute approximate surface area is 111 Å². The zero-order valence-corrected chi connectivity index (χ0v) is 10.9. The van der Waals surface area contributed by atoms with Crippen molar-refractivity contribution in [1.29, 1.82) is 0 Å². The molecule has 0 saturated carbocycles. The molecule has 0 heterocycles. The van der Waals surface area contributed by atoms with Gasteiger partial charge in [-0.15, -0.1) is 0 Å². The van der Waals surface area contributed by atoms with Crippen LogP contribution in [-0.2, 0) is 6.61 Å². The van der Waals surface area contributed by atoms with E-state index in [-0.39, 0.29) is 0 Å². The molecule has 0 amide bonds. The fourth-order valence-corrected chi connectivity index (χ4v) is 1.82. The first-order valence-corrected chi connectivity index (χ1v) is 6.04. The van der Waals surface area contributed by atoms with Crippen LogP contribution >= 0.6 is 23.2 Å². The van der Waals surface area contributed by atoms with Crippen molar-refractivity contribution in [2.75, 3.05) is 0 Å².